The number of benzene rings is 1. The molecule has 17 heavy (non-hydrogen) atoms. The van der Waals surface area contributed by atoms with Crippen LogP contribution in [0, 0.1) is 0 Å². The van der Waals surface area contributed by atoms with Gasteiger partial charge in [-0.05, 0) is 25.5 Å². The van der Waals surface area contributed by atoms with Crippen LogP contribution in [-0.4, -0.2) is 6.04 Å². The van der Waals surface area contributed by atoms with E-state index in [1.807, 2.05) is 0 Å². The lowest BCUT2D eigenvalue weighted by atomic mass is 10.1. The van der Waals surface area contributed by atoms with E-state index in [-0.39, 0.29) is 0 Å². The van der Waals surface area contributed by atoms with Crippen LogP contribution in [0.15, 0.2) is 42.5 Å². The van der Waals surface area contributed by atoms with Gasteiger partial charge in [0.05, 0.1) is 0 Å². The Bertz CT molecular complexity index is 303. The van der Waals surface area contributed by atoms with E-state index in [0.717, 1.165) is 0 Å². The first kappa shape index (κ1) is 13.8. The molecule has 94 valence electrons. The fraction of sp³-hybridized carbons (Fsp3) is 0.500. The normalized spacial score (nSPS) is 12.8. The van der Waals surface area contributed by atoms with Gasteiger partial charge < -0.3 is 5.32 Å². The monoisotopic (exact) mass is 231 g/mol. The molecule has 1 heteroatoms. The summed E-state index contributed by atoms with van der Waals surface area (Å²) in [5, 5.41) is 3.57. The van der Waals surface area contributed by atoms with Crippen LogP contribution in [0.5, 0.6) is 0 Å². The van der Waals surface area contributed by atoms with Crippen LogP contribution in [0.1, 0.15) is 46.0 Å². The van der Waals surface area contributed by atoms with Crippen LogP contribution >= 0.6 is 0 Å². The summed E-state index contributed by atoms with van der Waals surface area (Å²) in [6.45, 7) is 4.34. The van der Waals surface area contributed by atoms with Crippen molar-refractivity contribution >= 4 is 5.69 Å². The van der Waals surface area contributed by atoms with Crippen LogP contribution in [0.4, 0.5) is 5.69 Å². The number of unbranched alkanes of at least 4 members (excludes halogenated alkanes) is 3. The molecule has 0 fully saturated rings. The van der Waals surface area contributed by atoms with Crippen molar-refractivity contribution in [2.45, 2.75) is 52.0 Å². The lowest BCUT2D eigenvalue weighted by molar-refractivity contribution is 0.614. The molecular weight excluding hydrogens is 206 g/mol. The highest BCUT2D eigenvalue weighted by atomic mass is 14.9. The number of para-hydroxylation sites is 1. The van der Waals surface area contributed by atoms with Gasteiger partial charge in [0.25, 0.3) is 0 Å². The van der Waals surface area contributed by atoms with Gasteiger partial charge in [-0.25, -0.2) is 0 Å². The van der Waals surface area contributed by atoms with Gasteiger partial charge in [-0.3, -0.25) is 0 Å². The Morgan fingerprint density at radius 2 is 1.88 bits per heavy atom. The summed E-state index contributed by atoms with van der Waals surface area (Å²) in [4.78, 5) is 0. The van der Waals surface area contributed by atoms with Crippen molar-refractivity contribution in [3.05, 3.63) is 42.5 Å². The topological polar surface area (TPSA) is 12.0 Å². The Morgan fingerprint density at radius 3 is 2.53 bits per heavy atom. The van der Waals surface area contributed by atoms with Gasteiger partial charge in [0.15, 0.2) is 0 Å². The minimum atomic E-state index is 0.472. The molecule has 1 N–H and O–H groups in total. The third-order valence-electron chi connectivity index (χ3n) is 2.92. The summed E-state index contributed by atoms with van der Waals surface area (Å²) in [6, 6.07) is 10.9. The van der Waals surface area contributed by atoms with E-state index in [2.05, 4.69) is 61.6 Å². The quantitative estimate of drug-likeness (QED) is 0.489. The van der Waals surface area contributed by atoms with Gasteiger partial charge >= 0.3 is 0 Å². The van der Waals surface area contributed by atoms with Crippen molar-refractivity contribution in [2.24, 2.45) is 0 Å². The number of allylic oxidation sites excluding steroid dienone is 1. The number of hydrogen-bond donors (Lipinski definition) is 1. The Hall–Kier alpha value is -1.24. The maximum atomic E-state index is 3.57. The molecule has 1 rings (SSSR count). The second-order valence-electron chi connectivity index (χ2n) is 4.49. The standard InChI is InChI=1S/C16H25N/c1-3-5-6-8-12-15(11-4-2)17-16-13-9-7-10-14-16/h4,7,9-11,13-15,17H,3,5-6,8,12H2,1-2H3. The first-order chi connectivity index (χ1) is 8.36. The second-order valence-corrected chi connectivity index (χ2v) is 4.49. The molecule has 0 aliphatic rings. The third kappa shape index (κ3) is 6.15. The van der Waals surface area contributed by atoms with Gasteiger partial charge in [0.2, 0.25) is 0 Å². The van der Waals surface area contributed by atoms with Crippen LogP contribution < -0.4 is 5.32 Å². The number of hydrogen-bond acceptors (Lipinski definition) is 1. The highest BCUT2D eigenvalue weighted by Crippen LogP contribution is 2.13. The van der Waals surface area contributed by atoms with E-state index in [9.17, 15) is 0 Å². The van der Waals surface area contributed by atoms with E-state index >= 15 is 0 Å². The van der Waals surface area contributed by atoms with E-state index in [4.69, 9.17) is 0 Å². The smallest absolute Gasteiger partial charge is 0.0444 e. The molecule has 0 aliphatic heterocycles. The molecule has 1 unspecified atom stereocenters. The molecule has 1 atom stereocenters. The molecule has 1 nitrogen and oxygen atoms in total. The third-order valence-corrected chi connectivity index (χ3v) is 2.92. The average Bonchev–Trinajstić information content (AvgIpc) is 2.36. The highest BCUT2D eigenvalue weighted by Gasteiger charge is 2.03. The molecular formula is C16H25N. The van der Waals surface area contributed by atoms with E-state index in [1.165, 1.54) is 37.8 Å². The maximum absolute atomic E-state index is 3.57. The fourth-order valence-electron chi connectivity index (χ4n) is 1.99. The first-order valence-corrected chi connectivity index (χ1v) is 6.81. The molecule has 0 saturated heterocycles. The Morgan fingerprint density at radius 1 is 1.12 bits per heavy atom. The first-order valence-electron chi connectivity index (χ1n) is 6.81. The SMILES string of the molecule is CC=CC(CCCCCC)Nc1ccccc1. The minimum Gasteiger partial charge on any atom is -0.379 e. The summed E-state index contributed by atoms with van der Waals surface area (Å²) in [6.07, 6.45) is 10.9. The van der Waals surface area contributed by atoms with Crippen LogP contribution in [-0.2, 0) is 0 Å². The molecule has 0 spiro atoms. The average molecular weight is 231 g/mol. The predicted octanol–water partition coefficient (Wildman–Crippen LogP) is 5.01. The van der Waals surface area contributed by atoms with Gasteiger partial charge in [-0.1, -0.05) is 63.0 Å². The molecule has 0 saturated carbocycles. The van der Waals surface area contributed by atoms with Crippen LogP contribution in [0.2, 0.25) is 0 Å². The summed E-state index contributed by atoms with van der Waals surface area (Å²) >= 11 is 0. The molecule has 0 radical (unpaired) electrons. The van der Waals surface area contributed by atoms with E-state index in [1.54, 1.807) is 0 Å². The van der Waals surface area contributed by atoms with Crippen molar-refractivity contribution in [3.8, 4) is 0 Å². The van der Waals surface area contributed by atoms with Crippen molar-refractivity contribution in [1.29, 1.82) is 0 Å². The summed E-state index contributed by atoms with van der Waals surface area (Å²) in [5.74, 6) is 0. The molecule has 0 heterocycles. The predicted molar refractivity (Wildman–Crippen MR) is 77.4 cm³/mol. The number of rotatable bonds is 8. The van der Waals surface area contributed by atoms with E-state index < -0.39 is 0 Å². The number of nitrogens with one attached hydrogen (secondary N) is 1. The van der Waals surface area contributed by atoms with Crippen molar-refractivity contribution < 1.29 is 0 Å². The molecule has 1 aromatic rings. The Kier molecular flexibility index (Phi) is 7.20. The van der Waals surface area contributed by atoms with Crippen LogP contribution in [0.25, 0.3) is 0 Å². The maximum Gasteiger partial charge on any atom is 0.0444 e. The lowest BCUT2D eigenvalue weighted by Gasteiger charge is -2.16. The largest absolute Gasteiger partial charge is 0.379 e. The Balaban J connectivity index is 2.38. The van der Waals surface area contributed by atoms with Crippen LogP contribution in [0.3, 0.4) is 0 Å². The van der Waals surface area contributed by atoms with Gasteiger partial charge in [0.1, 0.15) is 0 Å². The summed E-state index contributed by atoms with van der Waals surface area (Å²) in [7, 11) is 0. The Labute approximate surface area is 106 Å². The van der Waals surface area contributed by atoms with Gasteiger partial charge in [-0.2, -0.15) is 0 Å². The summed E-state index contributed by atoms with van der Waals surface area (Å²) < 4.78 is 0. The molecule has 0 amide bonds. The number of anilines is 1. The van der Waals surface area contributed by atoms with Gasteiger partial charge in [-0.15, -0.1) is 0 Å². The molecule has 1 aromatic carbocycles. The fourth-order valence-corrected chi connectivity index (χ4v) is 1.99. The molecule has 0 bridgehead atoms. The van der Waals surface area contributed by atoms with Gasteiger partial charge in [0, 0.05) is 11.7 Å². The zero-order valence-electron chi connectivity index (χ0n) is 11.2. The van der Waals surface area contributed by atoms with Crippen molar-refractivity contribution in [2.75, 3.05) is 5.32 Å². The zero-order chi connectivity index (χ0) is 12.3. The van der Waals surface area contributed by atoms with E-state index in [0.29, 0.717) is 6.04 Å². The van der Waals surface area contributed by atoms with Crippen molar-refractivity contribution in [1.82, 2.24) is 0 Å². The molecule has 0 aromatic heterocycles. The zero-order valence-corrected chi connectivity index (χ0v) is 11.2. The molecule has 0 aliphatic carbocycles. The summed E-state index contributed by atoms with van der Waals surface area (Å²) in [5.41, 5.74) is 1.21. The minimum absolute atomic E-state index is 0.472. The highest BCUT2D eigenvalue weighted by molar-refractivity contribution is 5.44. The second kappa shape index (κ2) is 8.86. The van der Waals surface area contributed by atoms with Crippen molar-refractivity contribution in [3.63, 3.8) is 0 Å². The lowest BCUT2D eigenvalue weighted by Crippen LogP contribution is -2.16.